The van der Waals surface area contributed by atoms with E-state index >= 15 is 0 Å². The van der Waals surface area contributed by atoms with Crippen LogP contribution in [0.1, 0.15) is 26.7 Å². The summed E-state index contributed by atoms with van der Waals surface area (Å²) in [7, 11) is 0. The maximum Gasteiger partial charge on any atom is 0.150 e. The minimum atomic E-state index is 0.721. The van der Waals surface area contributed by atoms with E-state index in [1.807, 2.05) is 19.1 Å². The van der Waals surface area contributed by atoms with Crippen LogP contribution in [0.5, 0.6) is 0 Å². The van der Waals surface area contributed by atoms with E-state index < -0.39 is 0 Å². The SMILES string of the molecule is C=C/C(C)=C(C=O)\C=C/CCC. The van der Waals surface area contributed by atoms with E-state index in [0.717, 1.165) is 30.3 Å². The zero-order valence-electron chi connectivity index (χ0n) is 7.84. The maximum atomic E-state index is 10.5. The Labute approximate surface area is 74.5 Å². The van der Waals surface area contributed by atoms with Crippen molar-refractivity contribution >= 4 is 6.29 Å². The van der Waals surface area contributed by atoms with Gasteiger partial charge in [-0.15, -0.1) is 0 Å². The Bertz CT molecular complexity index is 209. The first-order chi connectivity index (χ1) is 5.76. The zero-order chi connectivity index (χ0) is 9.40. The summed E-state index contributed by atoms with van der Waals surface area (Å²) >= 11 is 0. The van der Waals surface area contributed by atoms with Gasteiger partial charge in [0.15, 0.2) is 0 Å². The molecule has 0 aliphatic rings. The van der Waals surface area contributed by atoms with Crippen molar-refractivity contribution in [1.29, 1.82) is 0 Å². The topological polar surface area (TPSA) is 17.1 Å². The summed E-state index contributed by atoms with van der Waals surface area (Å²) in [5, 5.41) is 0. The molecule has 0 spiro atoms. The Morgan fingerprint density at radius 3 is 2.58 bits per heavy atom. The summed E-state index contributed by atoms with van der Waals surface area (Å²) in [5.41, 5.74) is 1.65. The van der Waals surface area contributed by atoms with E-state index in [9.17, 15) is 4.79 Å². The fraction of sp³-hybridized carbons (Fsp3) is 0.364. The van der Waals surface area contributed by atoms with Gasteiger partial charge in [-0.1, -0.05) is 38.2 Å². The van der Waals surface area contributed by atoms with Crippen LogP contribution in [0.3, 0.4) is 0 Å². The third kappa shape index (κ3) is 3.91. The van der Waals surface area contributed by atoms with Gasteiger partial charge >= 0.3 is 0 Å². The van der Waals surface area contributed by atoms with Gasteiger partial charge in [0.05, 0.1) is 0 Å². The van der Waals surface area contributed by atoms with Crippen molar-refractivity contribution in [3.05, 3.63) is 36.0 Å². The highest BCUT2D eigenvalue weighted by Gasteiger charge is 1.91. The Morgan fingerprint density at radius 2 is 2.17 bits per heavy atom. The number of carbonyl (C=O) groups is 1. The number of carbonyl (C=O) groups excluding carboxylic acids is 1. The summed E-state index contributed by atoms with van der Waals surface area (Å²) in [5.74, 6) is 0. The zero-order valence-corrected chi connectivity index (χ0v) is 7.84. The van der Waals surface area contributed by atoms with E-state index in [2.05, 4.69) is 13.5 Å². The molecule has 66 valence electrons. The second-order valence-electron chi connectivity index (χ2n) is 2.65. The van der Waals surface area contributed by atoms with Crippen LogP contribution < -0.4 is 0 Å². The molecule has 0 N–H and O–H groups in total. The molecule has 0 saturated carbocycles. The number of unbranched alkanes of at least 4 members (excludes halogenated alkanes) is 1. The van der Waals surface area contributed by atoms with E-state index in [-0.39, 0.29) is 0 Å². The molecule has 1 heteroatoms. The Balaban J connectivity index is 4.36. The number of aldehydes is 1. The Morgan fingerprint density at radius 1 is 1.50 bits per heavy atom. The van der Waals surface area contributed by atoms with E-state index in [0.29, 0.717) is 0 Å². The lowest BCUT2D eigenvalue weighted by Crippen LogP contribution is -1.83. The van der Waals surface area contributed by atoms with E-state index in [4.69, 9.17) is 0 Å². The molecule has 0 aromatic heterocycles. The van der Waals surface area contributed by atoms with Gasteiger partial charge in [0.1, 0.15) is 6.29 Å². The molecule has 0 rings (SSSR count). The molecular weight excluding hydrogens is 148 g/mol. The lowest BCUT2D eigenvalue weighted by molar-refractivity contribution is -0.104. The summed E-state index contributed by atoms with van der Waals surface area (Å²) in [6.07, 6.45) is 8.55. The molecule has 1 nitrogen and oxygen atoms in total. The predicted molar refractivity (Wildman–Crippen MR) is 53.0 cm³/mol. The van der Waals surface area contributed by atoms with Gasteiger partial charge < -0.3 is 0 Å². The van der Waals surface area contributed by atoms with Gasteiger partial charge in [-0.3, -0.25) is 4.79 Å². The maximum absolute atomic E-state index is 10.5. The highest BCUT2D eigenvalue weighted by molar-refractivity contribution is 5.79. The summed E-state index contributed by atoms with van der Waals surface area (Å²) in [6, 6.07) is 0. The molecular formula is C11H16O. The highest BCUT2D eigenvalue weighted by Crippen LogP contribution is 2.04. The van der Waals surface area contributed by atoms with Crippen molar-refractivity contribution in [2.45, 2.75) is 26.7 Å². The van der Waals surface area contributed by atoms with Gasteiger partial charge in [0, 0.05) is 5.57 Å². The quantitative estimate of drug-likeness (QED) is 0.347. The van der Waals surface area contributed by atoms with E-state index in [1.54, 1.807) is 6.08 Å². The molecule has 0 radical (unpaired) electrons. The monoisotopic (exact) mass is 164 g/mol. The second kappa shape index (κ2) is 6.59. The van der Waals surface area contributed by atoms with Crippen molar-refractivity contribution in [2.24, 2.45) is 0 Å². The van der Waals surface area contributed by atoms with Crippen LogP contribution in [0.15, 0.2) is 36.0 Å². The van der Waals surface area contributed by atoms with Gasteiger partial charge in [0.25, 0.3) is 0 Å². The average Bonchev–Trinajstić information content (AvgIpc) is 2.11. The average molecular weight is 164 g/mol. The van der Waals surface area contributed by atoms with Gasteiger partial charge in [-0.05, 0) is 18.9 Å². The smallest absolute Gasteiger partial charge is 0.150 e. The molecule has 0 aliphatic carbocycles. The van der Waals surface area contributed by atoms with Crippen molar-refractivity contribution in [2.75, 3.05) is 0 Å². The Hall–Kier alpha value is -1.11. The molecule has 0 aromatic rings. The number of rotatable bonds is 5. The van der Waals surface area contributed by atoms with Crippen molar-refractivity contribution in [3.8, 4) is 0 Å². The molecule has 0 saturated heterocycles. The van der Waals surface area contributed by atoms with Crippen LogP contribution in [-0.2, 0) is 4.79 Å². The molecule has 0 aromatic carbocycles. The normalized spacial score (nSPS) is 12.8. The van der Waals surface area contributed by atoms with Crippen LogP contribution >= 0.6 is 0 Å². The Kier molecular flexibility index (Phi) is 5.98. The van der Waals surface area contributed by atoms with Crippen LogP contribution in [0, 0.1) is 0 Å². The fourth-order valence-electron chi connectivity index (χ4n) is 0.758. The first kappa shape index (κ1) is 10.9. The third-order valence-electron chi connectivity index (χ3n) is 1.64. The van der Waals surface area contributed by atoms with Crippen molar-refractivity contribution < 1.29 is 4.79 Å². The van der Waals surface area contributed by atoms with Gasteiger partial charge in [-0.2, -0.15) is 0 Å². The third-order valence-corrected chi connectivity index (χ3v) is 1.64. The molecule has 12 heavy (non-hydrogen) atoms. The number of hydrogen-bond donors (Lipinski definition) is 0. The van der Waals surface area contributed by atoms with Gasteiger partial charge in [-0.25, -0.2) is 0 Å². The minimum Gasteiger partial charge on any atom is -0.298 e. The largest absolute Gasteiger partial charge is 0.298 e. The molecule has 0 amide bonds. The van der Waals surface area contributed by atoms with Crippen molar-refractivity contribution in [1.82, 2.24) is 0 Å². The minimum absolute atomic E-state index is 0.721. The molecule has 0 atom stereocenters. The number of hydrogen-bond acceptors (Lipinski definition) is 1. The molecule has 0 heterocycles. The molecule has 0 aliphatic heterocycles. The summed E-state index contributed by atoms with van der Waals surface area (Å²) in [4.78, 5) is 10.5. The lowest BCUT2D eigenvalue weighted by atomic mass is 10.1. The summed E-state index contributed by atoms with van der Waals surface area (Å²) in [6.45, 7) is 7.60. The van der Waals surface area contributed by atoms with Crippen LogP contribution in [-0.4, -0.2) is 6.29 Å². The first-order valence-electron chi connectivity index (χ1n) is 4.21. The fourth-order valence-corrected chi connectivity index (χ4v) is 0.758. The highest BCUT2D eigenvalue weighted by atomic mass is 16.1. The standard InChI is InChI=1S/C11H16O/c1-4-6-7-8-11(9-12)10(3)5-2/h5,7-9H,2,4,6H2,1,3H3/b8-7-,11-10+. The number of allylic oxidation sites excluding steroid dienone is 5. The van der Waals surface area contributed by atoms with Crippen molar-refractivity contribution in [3.63, 3.8) is 0 Å². The first-order valence-corrected chi connectivity index (χ1v) is 4.21. The summed E-state index contributed by atoms with van der Waals surface area (Å²) < 4.78 is 0. The molecule has 0 bridgehead atoms. The van der Waals surface area contributed by atoms with Crippen LogP contribution in [0.4, 0.5) is 0 Å². The lowest BCUT2D eigenvalue weighted by Gasteiger charge is -1.94. The van der Waals surface area contributed by atoms with Gasteiger partial charge in [0.2, 0.25) is 0 Å². The second-order valence-corrected chi connectivity index (χ2v) is 2.65. The van der Waals surface area contributed by atoms with Crippen LogP contribution in [0.2, 0.25) is 0 Å². The van der Waals surface area contributed by atoms with E-state index in [1.165, 1.54) is 0 Å². The molecule has 0 unspecified atom stereocenters. The molecule has 0 fully saturated rings. The predicted octanol–water partition coefficient (Wildman–Crippen LogP) is 3.04. The van der Waals surface area contributed by atoms with Crippen LogP contribution in [0.25, 0.3) is 0 Å².